The maximum atomic E-state index is 12.6. The molecular weight excluding hydrogens is 311 g/mol. The lowest BCUT2D eigenvalue weighted by Crippen LogP contribution is -2.19. The van der Waals surface area contributed by atoms with Gasteiger partial charge in [0.25, 0.3) is 0 Å². The largest absolute Gasteiger partial charge is 0.462 e. The fourth-order valence-corrected chi connectivity index (χ4v) is 2.21. The minimum Gasteiger partial charge on any atom is -0.462 e. The number of primary sulfonamides is 1. The third-order valence-electron chi connectivity index (χ3n) is 2.56. The van der Waals surface area contributed by atoms with Gasteiger partial charge in [-0.1, -0.05) is 13.3 Å². The first-order chi connectivity index (χ1) is 9.57. The third-order valence-corrected chi connectivity index (χ3v) is 3.53. The highest BCUT2D eigenvalue weighted by Gasteiger charge is 2.33. The number of rotatable bonds is 5. The van der Waals surface area contributed by atoms with Gasteiger partial charge < -0.3 is 4.74 Å². The van der Waals surface area contributed by atoms with Crippen molar-refractivity contribution in [2.75, 3.05) is 6.61 Å². The molecule has 0 aliphatic heterocycles. The van der Waals surface area contributed by atoms with E-state index in [9.17, 15) is 26.4 Å². The van der Waals surface area contributed by atoms with Gasteiger partial charge >= 0.3 is 12.1 Å². The van der Waals surface area contributed by atoms with Crippen molar-refractivity contribution < 1.29 is 31.1 Å². The molecule has 1 rings (SSSR count). The average molecular weight is 325 g/mol. The predicted octanol–water partition coefficient (Wildman–Crippen LogP) is 2.31. The van der Waals surface area contributed by atoms with Crippen molar-refractivity contribution in [2.45, 2.75) is 30.8 Å². The molecule has 2 N–H and O–H groups in total. The molecule has 0 atom stereocenters. The number of esters is 1. The monoisotopic (exact) mass is 325 g/mol. The highest BCUT2D eigenvalue weighted by Crippen LogP contribution is 2.31. The zero-order valence-corrected chi connectivity index (χ0v) is 11.9. The van der Waals surface area contributed by atoms with E-state index in [-0.39, 0.29) is 6.61 Å². The van der Waals surface area contributed by atoms with E-state index in [0.29, 0.717) is 31.0 Å². The number of ether oxygens (including phenoxy) is 1. The molecule has 1 aromatic carbocycles. The summed E-state index contributed by atoms with van der Waals surface area (Å²) < 4.78 is 65.3. The van der Waals surface area contributed by atoms with Crippen LogP contribution in [-0.4, -0.2) is 21.0 Å². The van der Waals surface area contributed by atoms with Crippen LogP contribution < -0.4 is 5.14 Å². The summed E-state index contributed by atoms with van der Waals surface area (Å²) >= 11 is 0. The van der Waals surface area contributed by atoms with Crippen molar-refractivity contribution in [3.05, 3.63) is 29.3 Å². The zero-order valence-electron chi connectivity index (χ0n) is 11.1. The Hall–Kier alpha value is -1.61. The third kappa shape index (κ3) is 4.71. The number of benzene rings is 1. The normalized spacial score (nSPS) is 12.2. The van der Waals surface area contributed by atoms with E-state index in [1.807, 2.05) is 6.92 Å². The molecular formula is C12H14F3NO4S. The number of alkyl halides is 3. The Balaban J connectivity index is 3.27. The van der Waals surface area contributed by atoms with Gasteiger partial charge in [-0.05, 0) is 24.6 Å². The first kappa shape index (κ1) is 17.4. The highest BCUT2D eigenvalue weighted by atomic mass is 32.2. The second-order valence-electron chi connectivity index (χ2n) is 4.24. The second-order valence-corrected chi connectivity index (χ2v) is 5.77. The topological polar surface area (TPSA) is 86.5 Å². The Morgan fingerprint density at radius 2 is 1.95 bits per heavy atom. The Morgan fingerprint density at radius 3 is 2.43 bits per heavy atom. The maximum Gasteiger partial charge on any atom is 0.416 e. The van der Waals surface area contributed by atoms with Crippen LogP contribution in [0.5, 0.6) is 0 Å². The molecule has 0 unspecified atom stereocenters. The van der Waals surface area contributed by atoms with Crippen molar-refractivity contribution in [1.29, 1.82) is 0 Å². The van der Waals surface area contributed by atoms with Crippen LogP contribution >= 0.6 is 0 Å². The molecule has 0 aliphatic carbocycles. The van der Waals surface area contributed by atoms with Crippen LogP contribution in [0.2, 0.25) is 0 Å². The van der Waals surface area contributed by atoms with E-state index >= 15 is 0 Å². The number of nitrogens with two attached hydrogens (primary N) is 1. The summed E-state index contributed by atoms with van der Waals surface area (Å²) in [6.45, 7) is 1.81. The van der Waals surface area contributed by atoms with Crippen molar-refractivity contribution in [2.24, 2.45) is 5.14 Å². The molecule has 9 heteroatoms. The zero-order chi connectivity index (χ0) is 16.3. The Labute approximate surface area is 119 Å². The molecule has 0 spiro atoms. The van der Waals surface area contributed by atoms with Crippen molar-refractivity contribution in [3.8, 4) is 0 Å². The van der Waals surface area contributed by atoms with E-state index in [1.54, 1.807) is 0 Å². The predicted molar refractivity (Wildman–Crippen MR) is 68.0 cm³/mol. The van der Waals surface area contributed by atoms with Crippen LogP contribution in [0.3, 0.4) is 0 Å². The Bertz CT molecular complexity index is 626. The highest BCUT2D eigenvalue weighted by molar-refractivity contribution is 7.89. The van der Waals surface area contributed by atoms with Gasteiger partial charge in [0, 0.05) is 0 Å². The van der Waals surface area contributed by atoms with Crippen LogP contribution in [-0.2, 0) is 20.9 Å². The first-order valence-corrected chi connectivity index (χ1v) is 7.53. The van der Waals surface area contributed by atoms with Crippen LogP contribution in [0.25, 0.3) is 0 Å². The van der Waals surface area contributed by atoms with E-state index in [1.165, 1.54) is 0 Å². The van der Waals surface area contributed by atoms with Crippen molar-refractivity contribution >= 4 is 16.0 Å². The van der Waals surface area contributed by atoms with E-state index in [0.717, 1.165) is 0 Å². The molecule has 1 aromatic rings. The fraction of sp³-hybridized carbons (Fsp3) is 0.417. The minimum absolute atomic E-state index is 0.0182. The molecule has 0 aromatic heterocycles. The summed E-state index contributed by atoms with van der Waals surface area (Å²) in [7, 11) is -4.34. The minimum atomic E-state index is -4.71. The number of unbranched alkanes of at least 4 members (excludes halogenated alkanes) is 1. The van der Waals surface area contributed by atoms with Gasteiger partial charge in [-0.2, -0.15) is 13.2 Å². The summed E-state index contributed by atoms with van der Waals surface area (Å²) in [5, 5.41) is 4.89. The number of sulfonamides is 1. The van der Waals surface area contributed by atoms with Gasteiger partial charge in [-0.3, -0.25) is 0 Å². The molecule has 5 nitrogen and oxygen atoms in total. The first-order valence-electron chi connectivity index (χ1n) is 5.98. The molecule has 0 saturated carbocycles. The van der Waals surface area contributed by atoms with Gasteiger partial charge in [0.2, 0.25) is 10.0 Å². The van der Waals surface area contributed by atoms with E-state index in [4.69, 9.17) is 9.88 Å². The summed E-state index contributed by atoms with van der Waals surface area (Å²) in [5.74, 6) is -1.15. The standard InChI is InChI=1S/C12H14F3NO4S/c1-2-3-6-20-11(17)9-7-8(12(13,14)15)4-5-10(9)21(16,18)19/h4-5,7H,2-3,6H2,1H3,(H2,16,18,19). The van der Waals surface area contributed by atoms with Gasteiger partial charge in [0.05, 0.1) is 22.6 Å². The summed E-state index contributed by atoms with van der Waals surface area (Å²) in [6.07, 6.45) is -3.50. The summed E-state index contributed by atoms with van der Waals surface area (Å²) in [6, 6.07) is 1.62. The number of hydrogen-bond acceptors (Lipinski definition) is 4. The van der Waals surface area contributed by atoms with Gasteiger partial charge in [0.1, 0.15) is 0 Å². The summed E-state index contributed by atoms with van der Waals surface area (Å²) in [4.78, 5) is 11.1. The van der Waals surface area contributed by atoms with Crippen molar-refractivity contribution in [3.63, 3.8) is 0 Å². The SMILES string of the molecule is CCCCOC(=O)c1cc(C(F)(F)F)ccc1S(N)(=O)=O. The molecule has 0 bridgehead atoms. The number of halogens is 3. The molecule has 0 heterocycles. The Morgan fingerprint density at radius 1 is 1.33 bits per heavy atom. The van der Waals surface area contributed by atoms with Crippen LogP contribution in [0.4, 0.5) is 13.2 Å². The average Bonchev–Trinajstić information content (AvgIpc) is 2.36. The van der Waals surface area contributed by atoms with E-state index < -0.39 is 38.2 Å². The van der Waals surface area contributed by atoms with Crippen LogP contribution in [0.1, 0.15) is 35.7 Å². The smallest absolute Gasteiger partial charge is 0.416 e. The van der Waals surface area contributed by atoms with E-state index in [2.05, 4.69) is 0 Å². The number of hydrogen-bond donors (Lipinski definition) is 1. The lowest BCUT2D eigenvalue weighted by Gasteiger charge is -2.12. The lowest BCUT2D eigenvalue weighted by molar-refractivity contribution is -0.137. The quantitative estimate of drug-likeness (QED) is 0.665. The van der Waals surface area contributed by atoms with Gasteiger partial charge in [-0.25, -0.2) is 18.4 Å². The van der Waals surface area contributed by atoms with Gasteiger partial charge in [-0.15, -0.1) is 0 Å². The molecule has 0 amide bonds. The van der Waals surface area contributed by atoms with Crippen molar-refractivity contribution in [1.82, 2.24) is 0 Å². The molecule has 0 radical (unpaired) electrons. The maximum absolute atomic E-state index is 12.6. The molecule has 21 heavy (non-hydrogen) atoms. The lowest BCUT2D eigenvalue weighted by atomic mass is 10.1. The second kappa shape index (κ2) is 6.44. The molecule has 0 aliphatic rings. The number of carbonyl (C=O) groups excluding carboxylic acids is 1. The molecule has 118 valence electrons. The van der Waals surface area contributed by atoms with Gasteiger partial charge in [0.15, 0.2) is 0 Å². The summed E-state index contributed by atoms with van der Waals surface area (Å²) in [5.41, 5.74) is -1.87. The van der Waals surface area contributed by atoms with Crippen LogP contribution in [0.15, 0.2) is 23.1 Å². The van der Waals surface area contributed by atoms with Crippen LogP contribution in [0, 0.1) is 0 Å². The fourth-order valence-electron chi connectivity index (χ4n) is 1.50. The molecule has 0 fully saturated rings. The molecule has 0 saturated heterocycles. The number of carbonyl (C=O) groups is 1. The Kier molecular flexibility index (Phi) is 5.35.